The van der Waals surface area contributed by atoms with Crippen LogP contribution in [0.1, 0.15) is 21.6 Å². The minimum atomic E-state index is -0.411. The lowest BCUT2D eigenvalue weighted by molar-refractivity contribution is -0.116. The van der Waals surface area contributed by atoms with Crippen LogP contribution in [0.4, 0.5) is 5.69 Å². The van der Waals surface area contributed by atoms with Crippen LogP contribution in [0.15, 0.2) is 77.7 Å². The molecule has 0 aliphatic carbocycles. The zero-order valence-corrected chi connectivity index (χ0v) is 17.7. The van der Waals surface area contributed by atoms with Crippen LogP contribution in [0.2, 0.25) is 0 Å². The number of anilines is 1. The van der Waals surface area contributed by atoms with Gasteiger partial charge in [-0.05, 0) is 31.2 Å². The summed E-state index contributed by atoms with van der Waals surface area (Å²) < 4.78 is 6.72. The van der Waals surface area contributed by atoms with Crippen LogP contribution in [0.5, 0.6) is 5.75 Å². The molecule has 7 nitrogen and oxygen atoms in total. The summed E-state index contributed by atoms with van der Waals surface area (Å²) in [5.41, 5.74) is 1.59. The maximum atomic E-state index is 13.1. The third kappa shape index (κ3) is 4.27. The number of carbonyl (C=O) groups is 2. The highest BCUT2D eigenvalue weighted by molar-refractivity contribution is 6.10. The van der Waals surface area contributed by atoms with Gasteiger partial charge in [0.15, 0.2) is 5.78 Å². The van der Waals surface area contributed by atoms with Gasteiger partial charge < -0.3 is 14.6 Å². The third-order valence-corrected chi connectivity index (χ3v) is 5.01. The highest BCUT2D eigenvalue weighted by Crippen LogP contribution is 2.18. The lowest BCUT2D eigenvalue weighted by atomic mass is 10.0. The van der Waals surface area contributed by atoms with E-state index < -0.39 is 11.2 Å². The Morgan fingerprint density at radius 3 is 2.56 bits per heavy atom. The van der Waals surface area contributed by atoms with Crippen LogP contribution < -0.4 is 15.5 Å². The molecule has 4 aromatic rings. The van der Waals surface area contributed by atoms with Crippen molar-refractivity contribution >= 4 is 28.4 Å². The molecular formula is C25H21N3O4. The molecule has 0 spiro atoms. The third-order valence-electron chi connectivity index (χ3n) is 5.01. The first kappa shape index (κ1) is 21.0. The van der Waals surface area contributed by atoms with Crippen LogP contribution >= 0.6 is 0 Å². The number of rotatable bonds is 6. The van der Waals surface area contributed by atoms with E-state index in [0.29, 0.717) is 28.3 Å². The fraction of sp³-hybridized carbons (Fsp3) is 0.120. The van der Waals surface area contributed by atoms with Gasteiger partial charge in [0, 0.05) is 29.2 Å². The molecule has 0 fully saturated rings. The van der Waals surface area contributed by atoms with Crippen LogP contribution in [0, 0.1) is 6.92 Å². The summed E-state index contributed by atoms with van der Waals surface area (Å²) in [5.74, 6) is -0.116. The van der Waals surface area contributed by atoms with Gasteiger partial charge in [0.05, 0.1) is 18.1 Å². The quantitative estimate of drug-likeness (QED) is 0.475. The van der Waals surface area contributed by atoms with Crippen molar-refractivity contribution in [2.75, 3.05) is 12.4 Å². The van der Waals surface area contributed by atoms with E-state index in [0.717, 1.165) is 0 Å². The number of nitrogens with one attached hydrogen (secondary N) is 1. The normalized spacial score (nSPS) is 10.7. The zero-order valence-electron chi connectivity index (χ0n) is 17.7. The molecule has 0 aliphatic heterocycles. The number of ketones is 1. The highest BCUT2D eigenvalue weighted by atomic mass is 16.5. The van der Waals surface area contributed by atoms with Crippen LogP contribution in [-0.4, -0.2) is 28.4 Å². The van der Waals surface area contributed by atoms with Crippen molar-refractivity contribution in [3.8, 4) is 5.75 Å². The number of hydrogen-bond donors (Lipinski definition) is 1. The molecule has 0 saturated heterocycles. The van der Waals surface area contributed by atoms with Gasteiger partial charge in [0.2, 0.25) is 11.3 Å². The van der Waals surface area contributed by atoms with E-state index in [2.05, 4.69) is 10.3 Å². The maximum absolute atomic E-state index is 13.1. The highest BCUT2D eigenvalue weighted by Gasteiger charge is 2.19. The topological polar surface area (TPSA) is 90.3 Å². The lowest BCUT2D eigenvalue weighted by Crippen LogP contribution is -2.25. The Morgan fingerprint density at radius 1 is 1.03 bits per heavy atom. The van der Waals surface area contributed by atoms with Crippen molar-refractivity contribution in [2.45, 2.75) is 13.5 Å². The number of fused-ring (bicyclic) bond motifs is 1. The number of hydrogen-bond acceptors (Lipinski definition) is 5. The number of aryl methyl sites for hydroxylation is 1. The lowest BCUT2D eigenvalue weighted by Gasteiger charge is -2.13. The van der Waals surface area contributed by atoms with Crippen LogP contribution in [-0.2, 0) is 11.3 Å². The van der Waals surface area contributed by atoms with E-state index in [9.17, 15) is 14.4 Å². The smallest absolute Gasteiger partial charge is 0.244 e. The Labute approximate surface area is 184 Å². The Balaban J connectivity index is 1.74. The second kappa shape index (κ2) is 8.85. The second-order valence-corrected chi connectivity index (χ2v) is 7.30. The standard InChI is InChI=1S/C25H21N3O4/c1-16-11-12-20-24(31)21(23(30)17-7-4-3-5-8-17)14-28(25(20)26-16)15-22(29)27-18-9-6-10-19(13-18)32-2/h3-14H,15H2,1-2H3,(H,27,29). The van der Waals surface area contributed by atoms with E-state index in [1.165, 1.54) is 10.8 Å². The van der Waals surface area contributed by atoms with Crippen LogP contribution in [0.25, 0.3) is 11.0 Å². The molecule has 2 aromatic heterocycles. The molecule has 32 heavy (non-hydrogen) atoms. The molecule has 0 saturated carbocycles. The number of ether oxygens (including phenoxy) is 1. The van der Waals surface area contributed by atoms with E-state index >= 15 is 0 Å². The van der Waals surface area contributed by atoms with E-state index in [4.69, 9.17) is 4.74 Å². The summed E-state index contributed by atoms with van der Waals surface area (Å²) in [6, 6.07) is 18.9. The van der Waals surface area contributed by atoms with Crippen molar-refractivity contribution in [2.24, 2.45) is 0 Å². The molecule has 0 aliphatic rings. The summed E-state index contributed by atoms with van der Waals surface area (Å²) in [6.07, 6.45) is 1.41. The number of methoxy groups -OCH3 is 1. The zero-order chi connectivity index (χ0) is 22.7. The van der Waals surface area contributed by atoms with Crippen molar-refractivity contribution in [1.29, 1.82) is 0 Å². The van der Waals surface area contributed by atoms with Crippen LogP contribution in [0.3, 0.4) is 0 Å². The predicted octanol–water partition coefficient (Wildman–Crippen LogP) is 3.58. The van der Waals surface area contributed by atoms with E-state index in [1.54, 1.807) is 80.8 Å². The van der Waals surface area contributed by atoms with Crippen molar-refractivity contribution in [3.63, 3.8) is 0 Å². The van der Waals surface area contributed by atoms with Gasteiger partial charge in [-0.15, -0.1) is 0 Å². The minimum absolute atomic E-state index is 0.0106. The molecule has 0 radical (unpaired) electrons. The first-order valence-corrected chi connectivity index (χ1v) is 10.0. The van der Waals surface area contributed by atoms with Gasteiger partial charge in [-0.1, -0.05) is 36.4 Å². The molecule has 0 bridgehead atoms. The number of nitrogens with zero attached hydrogens (tertiary/aromatic N) is 2. The first-order chi connectivity index (χ1) is 15.5. The SMILES string of the molecule is COc1cccc(NC(=O)Cn2cc(C(=O)c3ccccc3)c(=O)c3ccc(C)nc32)c1. The second-order valence-electron chi connectivity index (χ2n) is 7.30. The van der Waals surface area contributed by atoms with E-state index in [1.807, 2.05) is 0 Å². The predicted molar refractivity (Wildman–Crippen MR) is 122 cm³/mol. The average molecular weight is 427 g/mol. The minimum Gasteiger partial charge on any atom is -0.497 e. The van der Waals surface area contributed by atoms with Gasteiger partial charge in [0.1, 0.15) is 17.9 Å². The largest absolute Gasteiger partial charge is 0.497 e. The van der Waals surface area contributed by atoms with Gasteiger partial charge >= 0.3 is 0 Å². The Kier molecular flexibility index (Phi) is 5.81. The monoisotopic (exact) mass is 427 g/mol. The van der Waals surface area contributed by atoms with E-state index in [-0.39, 0.29) is 23.4 Å². The number of aromatic nitrogens is 2. The summed E-state index contributed by atoms with van der Waals surface area (Å²) in [6.45, 7) is 1.67. The van der Waals surface area contributed by atoms with Crippen molar-refractivity contribution in [3.05, 3.63) is 100.0 Å². The summed E-state index contributed by atoms with van der Waals surface area (Å²) in [5, 5.41) is 3.09. The Bertz CT molecular complexity index is 1380. The molecule has 0 atom stereocenters. The average Bonchev–Trinajstić information content (AvgIpc) is 2.81. The summed E-state index contributed by atoms with van der Waals surface area (Å²) >= 11 is 0. The van der Waals surface area contributed by atoms with Gasteiger partial charge in [-0.3, -0.25) is 14.4 Å². The molecule has 7 heteroatoms. The molecule has 2 aromatic carbocycles. The molecule has 2 heterocycles. The maximum Gasteiger partial charge on any atom is 0.244 e. The number of benzene rings is 2. The number of pyridine rings is 2. The molecule has 1 N–H and O–H groups in total. The van der Waals surface area contributed by atoms with Gasteiger partial charge in [0.25, 0.3) is 0 Å². The van der Waals surface area contributed by atoms with Gasteiger partial charge in [-0.25, -0.2) is 4.98 Å². The molecule has 1 amide bonds. The van der Waals surface area contributed by atoms with Crippen molar-refractivity contribution < 1.29 is 14.3 Å². The Hall–Kier alpha value is -4.26. The molecule has 160 valence electrons. The summed E-state index contributed by atoms with van der Waals surface area (Å²) in [4.78, 5) is 43.3. The number of carbonyl (C=O) groups excluding carboxylic acids is 2. The number of amides is 1. The fourth-order valence-electron chi connectivity index (χ4n) is 3.44. The Morgan fingerprint density at radius 2 is 1.81 bits per heavy atom. The van der Waals surface area contributed by atoms with Crippen molar-refractivity contribution in [1.82, 2.24) is 9.55 Å². The molecule has 4 rings (SSSR count). The van der Waals surface area contributed by atoms with Gasteiger partial charge in [-0.2, -0.15) is 0 Å². The first-order valence-electron chi connectivity index (χ1n) is 10.0. The summed E-state index contributed by atoms with van der Waals surface area (Å²) in [7, 11) is 1.55. The fourth-order valence-corrected chi connectivity index (χ4v) is 3.44. The molecule has 0 unspecified atom stereocenters. The molecular weight excluding hydrogens is 406 g/mol.